The Labute approximate surface area is 88.3 Å². The van der Waals surface area contributed by atoms with E-state index in [9.17, 15) is 0 Å². The van der Waals surface area contributed by atoms with Crippen molar-refractivity contribution < 1.29 is 0 Å². The van der Waals surface area contributed by atoms with Crippen LogP contribution in [0, 0.1) is 0 Å². The Kier molecular flexibility index (Phi) is 3.19. The second-order valence-corrected chi connectivity index (χ2v) is 4.62. The SMILES string of the molecule is SSCN1CCc2ccccc2C1. The monoisotopic (exact) mass is 211 g/mol. The molecule has 0 fully saturated rings. The van der Waals surface area contributed by atoms with Gasteiger partial charge < -0.3 is 0 Å². The van der Waals surface area contributed by atoms with Crippen LogP contribution >= 0.6 is 22.5 Å². The standard InChI is InChI=1S/C10H13NS2/c12-13-8-11-6-5-9-3-1-2-4-10(9)7-11/h1-4,12H,5-8H2. The molecular formula is C10H13NS2. The third-order valence-electron chi connectivity index (χ3n) is 2.45. The molecule has 1 nitrogen and oxygen atoms in total. The Morgan fingerprint density at radius 2 is 2.08 bits per heavy atom. The normalized spacial score (nSPS) is 17.0. The minimum absolute atomic E-state index is 1.03. The van der Waals surface area contributed by atoms with Gasteiger partial charge >= 0.3 is 0 Å². The molecule has 13 heavy (non-hydrogen) atoms. The minimum atomic E-state index is 1.03. The van der Waals surface area contributed by atoms with Gasteiger partial charge in [-0.3, -0.25) is 4.90 Å². The predicted molar refractivity (Wildman–Crippen MR) is 62.0 cm³/mol. The van der Waals surface area contributed by atoms with Gasteiger partial charge in [-0.2, -0.15) is 0 Å². The van der Waals surface area contributed by atoms with E-state index >= 15 is 0 Å². The molecule has 3 heteroatoms. The van der Waals surface area contributed by atoms with Gasteiger partial charge in [0.25, 0.3) is 0 Å². The number of benzene rings is 1. The lowest BCUT2D eigenvalue weighted by Crippen LogP contribution is -2.29. The number of hydrogen-bond acceptors (Lipinski definition) is 3. The summed E-state index contributed by atoms with van der Waals surface area (Å²) in [6.45, 7) is 2.26. The highest BCUT2D eigenvalue weighted by molar-refractivity contribution is 8.68. The van der Waals surface area contributed by atoms with E-state index < -0.39 is 0 Å². The van der Waals surface area contributed by atoms with Crippen LogP contribution in [0.2, 0.25) is 0 Å². The average molecular weight is 211 g/mol. The summed E-state index contributed by atoms with van der Waals surface area (Å²) >= 11 is 4.18. The predicted octanol–water partition coefficient (Wildman–Crippen LogP) is 2.58. The molecule has 0 amide bonds. The van der Waals surface area contributed by atoms with E-state index in [1.54, 1.807) is 10.8 Å². The van der Waals surface area contributed by atoms with Crippen LogP contribution in [0.3, 0.4) is 0 Å². The van der Waals surface area contributed by atoms with Crippen LogP contribution in [0.25, 0.3) is 0 Å². The van der Waals surface area contributed by atoms with E-state index in [4.69, 9.17) is 0 Å². The van der Waals surface area contributed by atoms with Crippen LogP contribution < -0.4 is 0 Å². The van der Waals surface area contributed by atoms with Gasteiger partial charge in [-0.1, -0.05) is 35.1 Å². The molecule has 1 aliphatic rings. The van der Waals surface area contributed by atoms with Crippen molar-refractivity contribution in [3.05, 3.63) is 35.4 Å². The Hall–Kier alpha value is -0.120. The first-order chi connectivity index (χ1) is 6.40. The summed E-state index contributed by atoms with van der Waals surface area (Å²) in [6.07, 6.45) is 1.19. The molecule has 0 unspecified atom stereocenters. The summed E-state index contributed by atoms with van der Waals surface area (Å²) in [5, 5.41) is 0. The van der Waals surface area contributed by atoms with Crippen LogP contribution in [0.1, 0.15) is 11.1 Å². The van der Waals surface area contributed by atoms with E-state index in [0.29, 0.717) is 0 Å². The summed E-state index contributed by atoms with van der Waals surface area (Å²) in [5.41, 5.74) is 3.00. The Bertz CT molecular complexity index is 288. The van der Waals surface area contributed by atoms with Crippen molar-refractivity contribution in [3.8, 4) is 0 Å². The summed E-state index contributed by atoms with van der Waals surface area (Å²) in [7, 11) is 1.60. The molecule has 70 valence electrons. The highest BCUT2D eigenvalue weighted by atomic mass is 33.1. The molecule has 0 spiro atoms. The van der Waals surface area contributed by atoms with Gasteiger partial charge in [0.1, 0.15) is 0 Å². The van der Waals surface area contributed by atoms with Crippen LogP contribution in [-0.4, -0.2) is 17.3 Å². The van der Waals surface area contributed by atoms with Gasteiger partial charge in [0.05, 0.1) is 5.88 Å². The van der Waals surface area contributed by atoms with Crippen molar-refractivity contribution in [1.82, 2.24) is 4.90 Å². The van der Waals surface area contributed by atoms with Crippen LogP contribution in [0.15, 0.2) is 24.3 Å². The number of rotatable bonds is 2. The van der Waals surface area contributed by atoms with Crippen LogP contribution in [0.5, 0.6) is 0 Å². The molecule has 0 atom stereocenters. The molecule has 1 aliphatic heterocycles. The fourth-order valence-electron chi connectivity index (χ4n) is 1.75. The zero-order valence-corrected chi connectivity index (χ0v) is 9.15. The maximum atomic E-state index is 4.18. The first kappa shape index (κ1) is 9.44. The van der Waals surface area contributed by atoms with Crippen molar-refractivity contribution in [1.29, 1.82) is 0 Å². The lowest BCUT2D eigenvalue weighted by molar-refractivity contribution is 0.300. The molecular weight excluding hydrogens is 198 g/mol. The number of fused-ring (bicyclic) bond motifs is 1. The number of thiol groups is 1. The highest BCUT2D eigenvalue weighted by Crippen LogP contribution is 2.20. The summed E-state index contributed by atoms with van der Waals surface area (Å²) < 4.78 is 0. The molecule has 0 aromatic heterocycles. The molecule has 1 heterocycles. The zero-order chi connectivity index (χ0) is 9.10. The summed E-state index contributed by atoms with van der Waals surface area (Å²) in [5.74, 6) is 1.03. The minimum Gasteiger partial charge on any atom is -0.289 e. The second-order valence-electron chi connectivity index (χ2n) is 3.33. The van der Waals surface area contributed by atoms with Crippen molar-refractivity contribution in [3.63, 3.8) is 0 Å². The lowest BCUT2D eigenvalue weighted by Gasteiger charge is -2.27. The van der Waals surface area contributed by atoms with Crippen molar-refractivity contribution in [2.24, 2.45) is 0 Å². The maximum Gasteiger partial charge on any atom is 0.0549 e. The molecule has 2 rings (SSSR count). The Balaban J connectivity index is 2.11. The topological polar surface area (TPSA) is 3.24 Å². The van der Waals surface area contributed by atoms with Gasteiger partial charge in [0, 0.05) is 13.1 Å². The highest BCUT2D eigenvalue weighted by Gasteiger charge is 2.14. The fourth-order valence-corrected chi connectivity index (χ4v) is 2.62. The van der Waals surface area contributed by atoms with Crippen molar-refractivity contribution in [2.75, 3.05) is 12.4 Å². The molecule has 0 N–H and O–H groups in total. The third-order valence-corrected chi connectivity index (χ3v) is 3.28. The molecule has 1 aromatic rings. The molecule has 1 aromatic carbocycles. The molecule has 0 saturated heterocycles. The van der Waals surface area contributed by atoms with Crippen molar-refractivity contribution in [2.45, 2.75) is 13.0 Å². The first-order valence-electron chi connectivity index (χ1n) is 4.45. The van der Waals surface area contributed by atoms with Gasteiger partial charge in [-0.05, 0) is 17.5 Å². The maximum absolute atomic E-state index is 4.18. The smallest absolute Gasteiger partial charge is 0.0549 e. The van der Waals surface area contributed by atoms with Gasteiger partial charge in [-0.25, -0.2) is 0 Å². The Morgan fingerprint density at radius 1 is 1.31 bits per heavy atom. The quantitative estimate of drug-likeness (QED) is 0.591. The first-order valence-corrected chi connectivity index (χ1v) is 6.49. The number of hydrogen-bond donors (Lipinski definition) is 1. The summed E-state index contributed by atoms with van der Waals surface area (Å²) in [6, 6.07) is 8.71. The van der Waals surface area contributed by atoms with Crippen LogP contribution in [-0.2, 0) is 13.0 Å². The average Bonchev–Trinajstić information content (AvgIpc) is 2.18. The Morgan fingerprint density at radius 3 is 2.85 bits per heavy atom. The molecule has 0 aliphatic carbocycles. The van der Waals surface area contributed by atoms with Gasteiger partial charge in [0.2, 0.25) is 0 Å². The lowest BCUT2D eigenvalue weighted by atomic mass is 10.0. The van der Waals surface area contributed by atoms with Crippen molar-refractivity contribution >= 4 is 22.5 Å². The van der Waals surface area contributed by atoms with E-state index in [2.05, 4.69) is 40.8 Å². The zero-order valence-electron chi connectivity index (χ0n) is 7.44. The second kappa shape index (κ2) is 4.40. The largest absolute Gasteiger partial charge is 0.289 e. The summed E-state index contributed by atoms with van der Waals surface area (Å²) in [4.78, 5) is 2.43. The van der Waals surface area contributed by atoms with E-state index in [0.717, 1.165) is 12.4 Å². The van der Waals surface area contributed by atoms with E-state index in [1.807, 2.05) is 0 Å². The molecule has 0 bridgehead atoms. The van der Waals surface area contributed by atoms with E-state index in [1.165, 1.54) is 24.1 Å². The van der Waals surface area contributed by atoms with Gasteiger partial charge in [0.15, 0.2) is 0 Å². The third kappa shape index (κ3) is 2.22. The molecule has 0 saturated carbocycles. The van der Waals surface area contributed by atoms with E-state index in [-0.39, 0.29) is 0 Å². The van der Waals surface area contributed by atoms with Gasteiger partial charge in [-0.15, -0.1) is 11.7 Å². The fraction of sp³-hybridized carbons (Fsp3) is 0.400. The molecule has 0 radical (unpaired) electrons. The number of nitrogens with zero attached hydrogens (tertiary/aromatic N) is 1. The van der Waals surface area contributed by atoms with Crippen LogP contribution in [0.4, 0.5) is 0 Å².